The van der Waals surface area contributed by atoms with Gasteiger partial charge in [0.15, 0.2) is 0 Å². The first-order valence-corrected chi connectivity index (χ1v) is 35.7. The highest BCUT2D eigenvalue weighted by atomic mass is 32.1. The fourth-order valence-electron chi connectivity index (χ4n) is 13.0. The molecular weight excluding hydrogens is 1010 g/mol. The molecule has 2 atom stereocenters. The van der Waals surface area contributed by atoms with Crippen LogP contribution in [0.25, 0.3) is 21.6 Å². The Labute approximate surface area is 498 Å². The first kappa shape index (κ1) is 65.7. The lowest BCUT2D eigenvalue weighted by Gasteiger charge is -2.27. The standard InChI is InChI=1S/C74H114N2O2S2/c1-7-11-15-19-23-27-29-33-37-41-45-61(43-39-35-31-25-21-17-13-9-3)57-75-66-56-65-67(55-64(66)71(73(75)77)69-52-49-60(6)79-69)76(74(78)72(65)70-54-53-68(80-70)63-50-47-59(5)48-51-63)58-62(44-40-36-32-26-22-18-14-10-4)46-42-38-34-30-28-24-20-16-12-8-2/h47-56,61-62H,7-46,57-58H2,1-6H3. The van der Waals surface area contributed by atoms with Crippen molar-refractivity contribution in [3.05, 3.63) is 91.3 Å². The van der Waals surface area contributed by atoms with E-state index in [9.17, 15) is 0 Å². The Morgan fingerprint density at radius 2 is 0.650 bits per heavy atom. The molecule has 2 aromatic carbocycles. The molecule has 0 spiro atoms. The van der Waals surface area contributed by atoms with E-state index >= 15 is 9.59 Å². The lowest BCUT2D eigenvalue weighted by atomic mass is 9.93. The summed E-state index contributed by atoms with van der Waals surface area (Å²) in [5, 5.41) is 2.05. The number of carbonyl (C=O) groups excluding carboxylic acids is 2. The second-order valence-corrected chi connectivity index (χ2v) is 27.5. The van der Waals surface area contributed by atoms with E-state index in [-0.39, 0.29) is 11.8 Å². The summed E-state index contributed by atoms with van der Waals surface area (Å²) in [5.41, 5.74) is 6.13. The number of thiophene rings is 2. The van der Waals surface area contributed by atoms with Crippen LogP contribution >= 0.6 is 22.7 Å². The summed E-state index contributed by atoms with van der Waals surface area (Å²) >= 11 is 3.49. The number of unbranched alkanes of at least 4 members (excludes halogenated alkanes) is 32. The molecule has 0 saturated carbocycles. The molecule has 2 aliphatic rings. The van der Waals surface area contributed by atoms with Gasteiger partial charge in [-0.2, -0.15) is 0 Å². The first-order valence-electron chi connectivity index (χ1n) is 34.1. The van der Waals surface area contributed by atoms with E-state index in [1.807, 2.05) is 0 Å². The zero-order valence-electron chi connectivity index (χ0n) is 52.2. The van der Waals surface area contributed by atoms with Gasteiger partial charge in [0.05, 0.1) is 22.5 Å². The molecule has 6 rings (SSSR count). The SMILES string of the molecule is CCCCCCCCCCCCC(CCCCCCCCCC)CN1C(=O)C(c2ccc(C)s2)=c2cc3c(cc21)=C(c1ccc(-c2ccc(C)cc2)s1)C(=O)N3CC(CCCCCCCCCC)CCCCCCCCCCCC. The largest absolute Gasteiger partial charge is 0.307 e. The predicted octanol–water partition coefficient (Wildman–Crippen LogP) is 22.1. The summed E-state index contributed by atoms with van der Waals surface area (Å²) in [6, 6.07) is 22.2. The Morgan fingerprint density at radius 3 is 0.975 bits per heavy atom. The average molecular weight is 1130 g/mol. The van der Waals surface area contributed by atoms with E-state index in [0.717, 1.165) is 55.8 Å². The Balaban J connectivity index is 1.31. The maximum absolute atomic E-state index is 15.7. The second kappa shape index (κ2) is 38.4. The fraction of sp³-hybridized carbons (Fsp3) is 0.676. The van der Waals surface area contributed by atoms with Crippen LogP contribution in [0.2, 0.25) is 0 Å². The van der Waals surface area contributed by atoms with Crippen molar-refractivity contribution in [2.45, 2.75) is 298 Å². The molecule has 6 heteroatoms. The number of nitrogens with zero attached hydrogens (tertiary/aromatic N) is 2. The third kappa shape index (κ3) is 21.6. The minimum absolute atomic E-state index is 0.143. The number of fused-ring (bicyclic) bond motifs is 2. The van der Waals surface area contributed by atoms with Gasteiger partial charge in [0.1, 0.15) is 0 Å². The van der Waals surface area contributed by atoms with E-state index in [4.69, 9.17) is 0 Å². The lowest BCUT2D eigenvalue weighted by Crippen LogP contribution is -2.35. The molecule has 0 radical (unpaired) electrons. The number of carbonyl (C=O) groups is 2. The summed E-state index contributed by atoms with van der Waals surface area (Å²) in [6.07, 6.45) is 52.5. The molecule has 0 N–H and O–H groups in total. The highest BCUT2D eigenvalue weighted by Gasteiger charge is 2.38. The van der Waals surface area contributed by atoms with Crippen molar-refractivity contribution in [1.29, 1.82) is 0 Å². The van der Waals surface area contributed by atoms with Crippen molar-refractivity contribution in [3.63, 3.8) is 0 Å². The molecule has 2 aliphatic heterocycles. The van der Waals surface area contributed by atoms with Crippen LogP contribution in [0.5, 0.6) is 0 Å². The van der Waals surface area contributed by atoms with Crippen LogP contribution in [-0.2, 0) is 9.59 Å². The monoisotopic (exact) mass is 1130 g/mol. The molecular formula is C74H114N2O2S2. The number of anilines is 2. The van der Waals surface area contributed by atoms with E-state index in [1.165, 1.54) is 278 Å². The number of amides is 2. The van der Waals surface area contributed by atoms with E-state index in [2.05, 4.69) is 112 Å². The number of hydrogen-bond acceptors (Lipinski definition) is 4. The van der Waals surface area contributed by atoms with Gasteiger partial charge in [0.25, 0.3) is 11.8 Å². The smallest absolute Gasteiger partial charge is 0.260 e. The van der Waals surface area contributed by atoms with E-state index < -0.39 is 0 Å². The van der Waals surface area contributed by atoms with Crippen molar-refractivity contribution in [2.75, 3.05) is 22.9 Å². The van der Waals surface area contributed by atoms with Gasteiger partial charge in [0.2, 0.25) is 0 Å². The average Bonchev–Trinajstić information content (AvgIpc) is 4.31. The third-order valence-electron chi connectivity index (χ3n) is 18.1. The summed E-state index contributed by atoms with van der Waals surface area (Å²) in [7, 11) is 0. The zero-order chi connectivity index (χ0) is 56.6. The Morgan fingerprint density at radius 1 is 0.350 bits per heavy atom. The van der Waals surface area contributed by atoms with Crippen molar-refractivity contribution in [3.8, 4) is 10.4 Å². The minimum atomic E-state index is 0.143. The highest BCUT2D eigenvalue weighted by molar-refractivity contribution is 7.17. The lowest BCUT2D eigenvalue weighted by molar-refractivity contribution is -0.114. The Hall–Kier alpha value is -3.48. The van der Waals surface area contributed by atoms with Crippen molar-refractivity contribution >= 4 is 57.0 Å². The molecule has 4 heterocycles. The van der Waals surface area contributed by atoms with Crippen LogP contribution in [0.1, 0.15) is 305 Å². The summed E-state index contributed by atoms with van der Waals surface area (Å²) in [6.45, 7) is 15.0. The Bertz CT molecular complexity index is 2480. The summed E-state index contributed by atoms with van der Waals surface area (Å²) in [5.74, 6) is 1.17. The number of aryl methyl sites for hydroxylation is 2. The van der Waals surface area contributed by atoms with Crippen molar-refractivity contribution < 1.29 is 9.59 Å². The predicted molar refractivity (Wildman–Crippen MR) is 353 cm³/mol. The fourth-order valence-corrected chi connectivity index (χ4v) is 15.0. The molecule has 0 saturated heterocycles. The molecule has 0 aliphatic carbocycles. The second-order valence-electron chi connectivity index (χ2n) is 25.1. The first-order chi connectivity index (χ1) is 39.3. The van der Waals surface area contributed by atoms with Crippen LogP contribution in [0.4, 0.5) is 11.4 Å². The molecule has 0 fully saturated rings. The molecule has 0 bridgehead atoms. The zero-order valence-corrected chi connectivity index (χ0v) is 53.8. The van der Waals surface area contributed by atoms with Crippen LogP contribution in [0, 0.1) is 25.7 Å². The molecule has 2 amide bonds. The number of benzene rings is 2. The van der Waals surface area contributed by atoms with Crippen molar-refractivity contribution in [2.24, 2.45) is 11.8 Å². The van der Waals surface area contributed by atoms with Gasteiger partial charge in [0, 0.05) is 43.0 Å². The molecule has 4 nitrogen and oxygen atoms in total. The van der Waals surface area contributed by atoms with Gasteiger partial charge in [-0.15, -0.1) is 22.7 Å². The summed E-state index contributed by atoms with van der Waals surface area (Å²) < 4.78 is 0. The van der Waals surface area contributed by atoms with Gasteiger partial charge in [-0.3, -0.25) is 9.59 Å². The van der Waals surface area contributed by atoms with Gasteiger partial charge >= 0.3 is 0 Å². The van der Waals surface area contributed by atoms with E-state index in [0.29, 0.717) is 11.8 Å². The van der Waals surface area contributed by atoms with Gasteiger partial charge in [-0.1, -0.05) is 289 Å². The Kier molecular flexibility index (Phi) is 31.5. The molecule has 444 valence electrons. The minimum Gasteiger partial charge on any atom is -0.307 e. The molecule has 2 aromatic heterocycles. The quantitative estimate of drug-likeness (QED) is 0.0414. The third-order valence-corrected chi connectivity index (χ3v) is 20.2. The van der Waals surface area contributed by atoms with E-state index in [1.54, 1.807) is 22.7 Å². The maximum atomic E-state index is 15.7. The molecule has 4 aromatic rings. The molecule has 2 unspecified atom stereocenters. The van der Waals surface area contributed by atoms with Crippen LogP contribution in [0.15, 0.2) is 60.7 Å². The normalized spacial score (nSPS) is 14.1. The van der Waals surface area contributed by atoms with Crippen LogP contribution in [-0.4, -0.2) is 24.9 Å². The van der Waals surface area contributed by atoms with Crippen LogP contribution < -0.4 is 20.2 Å². The summed E-state index contributed by atoms with van der Waals surface area (Å²) in [4.78, 5) is 40.0. The van der Waals surface area contributed by atoms with Gasteiger partial charge in [-0.05, 0) is 93.3 Å². The van der Waals surface area contributed by atoms with Crippen LogP contribution in [0.3, 0.4) is 0 Å². The molecule has 80 heavy (non-hydrogen) atoms. The number of rotatable bonds is 47. The van der Waals surface area contributed by atoms with Gasteiger partial charge < -0.3 is 9.80 Å². The highest BCUT2D eigenvalue weighted by Crippen LogP contribution is 2.38. The number of hydrogen-bond donors (Lipinski definition) is 0. The van der Waals surface area contributed by atoms with Gasteiger partial charge in [-0.25, -0.2) is 0 Å². The van der Waals surface area contributed by atoms with Crippen molar-refractivity contribution in [1.82, 2.24) is 0 Å². The maximum Gasteiger partial charge on any atom is 0.260 e. The topological polar surface area (TPSA) is 40.6 Å².